The number of esters is 1. The number of allylic oxidation sites excluding steroid dienone is 1. The first-order valence-electron chi connectivity index (χ1n) is 8.18. The molecule has 0 bridgehead atoms. The van der Waals surface area contributed by atoms with Gasteiger partial charge >= 0.3 is 5.97 Å². The lowest BCUT2D eigenvalue weighted by Gasteiger charge is -2.10. The third kappa shape index (κ3) is 3.10. The van der Waals surface area contributed by atoms with Gasteiger partial charge in [0.05, 0.1) is 18.5 Å². The predicted octanol–water partition coefficient (Wildman–Crippen LogP) is 3.76. The summed E-state index contributed by atoms with van der Waals surface area (Å²) in [6.07, 6.45) is 0.358. The molecule has 1 aliphatic heterocycles. The van der Waals surface area contributed by atoms with Crippen molar-refractivity contribution in [2.45, 2.75) is 27.2 Å². The Balaban J connectivity index is 1.92. The second-order valence-electron chi connectivity index (χ2n) is 6.23. The molecule has 2 heterocycles. The van der Waals surface area contributed by atoms with Crippen molar-refractivity contribution in [1.82, 2.24) is 4.57 Å². The van der Waals surface area contributed by atoms with Crippen LogP contribution in [-0.2, 0) is 20.7 Å². The average molecular weight is 371 g/mol. The largest absolute Gasteiger partial charge is 0.465 e. The number of Topliss-reactive ketones (excluding diaryl/α,β-unsaturated/α-hetero) is 1. The number of carbonyl (C=O) groups excluding carboxylic acids is 2. The second kappa shape index (κ2) is 6.92. The molecule has 0 N–H and O–H groups in total. The van der Waals surface area contributed by atoms with Gasteiger partial charge in [-0.3, -0.25) is 9.79 Å². The molecule has 0 saturated heterocycles. The first kappa shape index (κ1) is 18.1. The summed E-state index contributed by atoms with van der Waals surface area (Å²) >= 11 is 6.11. The Kier molecular flexibility index (Phi) is 4.83. The fourth-order valence-corrected chi connectivity index (χ4v) is 3.47. The normalized spacial score (nSPS) is 14.0. The van der Waals surface area contributed by atoms with Crippen molar-refractivity contribution in [2.24, 2.45) is 4.99 Å². The molecule has 5 nitrogen and oxygen atoms in total. The summed E-state index contributed by atoms with van der Waals surface area (Å²) in [7, 11) is 1.26. The van der Waals surface area contributed by atoms with E-state index in [1.807, 2.05) is 44.2 Å². The first-order chi connectivity index (χ1) is 12.3. The summed E-state index contributed by atoms with van der Waals surface area (Å²) in [5.41, 5.74) is 4.76. The summed E-state index contributed by atoms with van der Waals surface area (Å²) in [5, 5.41) is 0.662. The average Bonchev–Trinajstić information content (AvgIpc) is 3.03. The number of aromatic nitrogens is 1. The van der Waals surface area contributed by atoms with E-state index in [1.54, 1.807) is 6.92 Å². The number of hydrogen-bond donors (Lipinski definition) is 0. The van der Waals surface area contributed by atoms with Crippen LogP contribution in [0.1, 0.15) is 23.9 Å². The molecule has 2 aromatic rings. The number of aryl methyl sites for hydroxylation is 1. The number of methoxy groups -OCH3 is 1. The zero-order valence-corrected chi connectivity index (χ0v) is 15.8. The van der Waals surface area contributed by atoms with E-state index in [-0.39, 0.29) is 11.4 Å². The molecule has 0 atom stereocenters. The smallest absolute Gasteiger partial charge is 0.343 e. The highest BCUT2D eigenvalue weighted by atomic mass is 35.5. The van der Waals surface area contributed by atoms with Gasteiger partial charge in [0.15, 0.2) is 0 Å². The fraction of sp³-hybridized carbons (Fsp3) is 0.250. The molecule has 3 rings (SSSR count). The molecule has 0 aliphatic carbocycles. The van der Waals surface area contributed by atoms with Gasteiger partial charge in [-0.15, -0.1) is 0 Å². The van der Waals surface area contributed by atoms with Crippen LogP contribution in [0, 0.1) is 13.8 Å². The third-order valence-corrected chi connectivity index (χ3v) is 4.74. The van der Waals surface area contributed by atoms with E-state index < -0.39 is 5.97 Å². The summed E-state index contributed by atoms with van der Waals surface area (Å²) < 4.78 is 6.77. The number of aliphatic imine (C=N–C) groups is 1. The van der Waals surface area contributed by atoms with Gasteiger partial charge in [-0.1, -0.05) is 17.7 Å². The zero-order valence-electron chi connectivity index (χ0n) is 15.1. The molecule has 0 unspecified atom stereocenters. The molecular weight excluding hydrogens is 352 g/mol. The predicted molar refractivity (Wildman–Crippen MR) is 101 cm³/mol. The maximum absolute atomic E-state index is 12.5. The van der Waals surface area contributed by atoms with Gasteiger partial charge in [-0.05, 0) is 50.6 Å². The molecule has 0 saturated carbocycles. The van der Waals surface area contributed by atoms with Crippen LogP contribution in [0.2, 0.25) is 5.02 Å². The number of benzene rings is 1. The highest BCUT2D eigenvalue weighted by Gasteiger charge is 2.32. The maximum atomic E-state index is 12.5. The molecule has 6 heteroatoms. The van der Waals surface area contributed by atoms with E-state index in [2.05, 4.69) is 14.3 Å². The Labute approximate surface area is 156 Å². The van der Waals surface area contributed by atoms with Crippen molar-refractivity contribution in [2.75, 3.05) is 7.11 Å². The molecule has 1 aromatic carbocycles. The van der Waals surface area contributed by atoms with Crippen LogP contribution in [0.25, 0.3) is 5.69 Å². The molecular formula is C20H19ClN2O3. The Bertz CT molecular complexity index is 983. The van der Waals surface area contributed by atoms with E-state index in [4.69, 9.17) is 11.6 Å². The van der Waals surface area contributed by atoms with Crippen LogP contribution >= 0.6 is 11.6 Å². The number of hydrogen-bond acceptors (Lipinski definition) is 4. The molecule has 26 heavy (non-hydrogen) atoms. The molecule has 1 aliphatic rings. The molecule has 0 fully saturated rings. The van der Waals surface area contributed by atoms with E-state index in [1.165, 1.54) is 7.11 Å². The van der Waals surface area contributed by atoms with Crippen LogP contribution in [0.5, 0.6) is 0 Å². The van der Waals surface area contributed by atoms with Crippen molar-refractivity contribution in [1.29, 1.82) is 0 Å². The van der Waals surface area contributed by atoms with Gasteiger partial charge in [0.2, 0.25) is 5.78 Å². The van der Waals surface area contributed by atoms with Crippen LogP contribution < -0.4 is 0 Å². The number of carbonyl (C=O) groups is 2. The van der Waals surface area contributed by atoms with Gasteiger partial charge in [0.25, 0.3) is 0 Å². The minimum atomic E-state index is -0.643. The zero-order chi connectivity index (χ0) is 19.0. The standard InChI is InChI=1S/C20H19ClN2O3/c1-11-8-14(13(3)23(11)16-7-5-6-15(21)10-16)9-17-19(24)18(12(2)22-17)20(25)26-4/h5-8,10H,9H2,1-4H3. The van der Waals surface area contributed by atoms with Crippen molar-refractivity contribution >= 4 is 29.1 Å². The summed E-state index contributed by atoms with van der Waals surface area (Å²) in [6, 6.07) is 9.63. The Morgan fingerprint density at radius 2 is 1.96 bits per heavy atom. The minimum Gasteiger partial charge on any atom is -0.465 e. The summed E-state index contributed by atoms with van der Waals surface area (Å²) in [5.74, 6) is -1.00. The van der Waals surface area contributed by atoms with Gasteiger partial charge in [0.1, 0.15) is 5.57 Å². The van der Waals surface area contributed by atoms with E-state index in [9.17, 15) is 9.59 Å². The third-order valence-electron chi connectivity index (χ3n) is 4.50. The minimum absolute atomic E-state index is 0.0196. The SMILES string of the molecule is COC(=O)C1=C(C)N=C(Cc2cc(C)n(-c3cccc(Cl)c3)c2C)C1=O. The van der Waals surface area contributed by atoms with Crippen LogP contribution in [0.15, 0.2) is 46.6 Å². The van der Waals surface area contributed by atoms with Crippen molar-refractivity contribution in [3.63, 3.8) is 0 Å². The van der Waals surface area contributed by atoms with Gasteiger partial charge in [0, 0.05) is 28.5 Å². The summed E-state index contributed by atoms with van der Waals surface area (Å²) in [4.78, 5) is 28.6. The topological polar surface area (TPSA) is 60.7 Å². The maximum Gasteiger partial charge on any atom is 0.343 e. The Morgan fingerprint density at radius 1 is 1.23 bits per heavy atom. The van der Waals surface area contributed by atoms with Crippen LogP contribution in [0.4, 0.5) is 0 Å². The monoisotopic (exact) mass is 370 g/mol. The number of nitrogens with zero attached hydrogens (tertiary/aromatic N) is 2. The van der Waals surface area contributed by atoms with Crippen LogP contribution in [-0.4, -0.2) is 29.1 Å². The Morgan fingerprint density at radius 3 is 2.62 bits per heavy atom. The Hall–Kier alpha value is -2.66. The fourth-order valence-electron chi connectivity index (χ4n) is 3.28. The lowest BCUT2D eigenvalue weighted by atomic mass is 10.0. The van der Waals surface area contributed by atoms with E-state index in [0.29, 0.717) is 22.9 Å². The van der Waals surface area contributed by atoms with Crippen molar-refractivity contribution in [3.8, 4) is 5.69 Å². The summed E-state index contributed by atoms with van der Waals surface area (Å²) in [6.45, 7) is 5.64. The lowest BCUT2D eigenvalue weighted by Crippen LogP contribution is -2.20. The quantitative estimate of drug-likeness (QED) is 0.608. The van der Waals surface area contributed by atoms with E-state index in [0.717, 1.165) is 22.6 Å². The second-order valence-corrected chi connectivity index (χ2v) is 6.66. The highest BCUT2D eigenvalue weighted by molar-refractivity contribution is 6.53. The molecule has 0 amide bonds. The number of ether oxygens (including phenoxy) is 1. The van der Waals surface area contributed by atoms with Gasteiger partial charge in [-0.2, -0.15) is 0 Å². The number of halogens is 1. The first-order valence-corrected chi connectivity index (χ1v) is 8.56. The van der Waals surface area contributed by atoms with Crippen LogP contribution in [0.3, 0.4) is 0 Å². The number of rotatable bonds is 4. The van der Waals surface area contributed by atoms with E-state index >= 15 is 0 Å². The van der Waals surface area contributed by atoms with Crippen molar-refractivity contribution < 1.29 is 14.3 Å². The lowest BCUT2D eigenvalue weighted by molar-refractivity contribution is -0.137. The highest BCUT2D eigenvalue weighted by Crippen LogP contribution is 2.26. The van der Waals surface area contributed by atoms with Crippen molar-refractivity contribution in [3.05, 3.63) is 63.6 Å². The molecule has 0 radical (unpaired) electrons. The van der Waals surface area contributed by atoms with Gasteiger partial charge in [-0.25, -0.2) is 4.79 Å². The van der Waals surface area contributed by atoms with Gasteiger partial charge < -0.3 is 9.30 Å². The molecule has 0 spiro atoms. The molecule has 134 valence electrons. The number of ketones is 1. The molecule has 1 aromatic heterocycles.